The summed E-state index contributed by atoms with van der Waals surface area (Å²) in [5.74, 6) is -0.628. The van der Waals surface area contributed by atoms with Crippen molar-refractivity contribution in [1.82, 2.24) is 19.8 Å². The van der Waals surface area contributed by atoms with Gasteiger partial charge < -0.3 is 24.8 Å². The fraction of sp³-hybridized carbons (Fsp3) is 0.304. The number of imidazole rings is 1. The summed E-state index contributed by atoms with van der Waals surface area (Å²) in [6.45, 7) is 0.372. The van der Waals surface area contributed by atoms with Gasteiger partial charge in [0.15, 0.2) is 5.52 Å². The summed E-state index contributed by atoms with van der Waals surface area (Å²) in [5.41, 5.74) is 2.43. The van der Waals surface area contributed by atoms with Gasteiger partial charge in [-0.2, -0.15) is 0 Å². The Hall–Kier alpha value is -4.48. The second-order valence-corrected chi connectivity index (χ2v) is 8.32. The minimum Gasteiger partial charge on any atom is -0.469 e. The van der Waals surface area contributed by atoms with Crippen LogP contribution < -0.4 is 5.32 Å². The first kappa shape index (κ1) is 23.7. The number of para-hydroxylation sites is 1. The lowest BCUT2D eigenvalue weighted by Gasteiger charge is -2.19. The number of amides is 2. The Morgan fingerprint density at radius 2 is 2.09 bits per heavy atom. The summed E-state index contributed by atoms with van der Waals surface area (Å²) >= 11 is 0. The number of benzene rings is 2. The minimum atomic E-state index is -0.768. The molecule has 0 saturated heterocycles. The number of methoxy groups -OCH3 is 1. The van der Waals surface area contributed by atoms with Crippen molar-refractivity contribution in [2.24, 2.45) is 0 Å². The van der Waals surface area contributed by atoms with Crippen LogP contribution in [0.3, 0.4) is 0 Å². The number of anilines is 1. The summed E-state index contributed by atoms with van der Waals surface area (Å²) in [7, 11) is 4.50. The molecule has 0 radical (unpaired) electrons. The Balaban J connectivity index is 1.54. The summed E-state index contributed by atoms with van der Waals surface area (Å²) in [6, 6.07) is 8.91. The summed E-state index contributed by atoms with van der Waals surface area (Å²) in [4.78, 5) is 58.5. The number of aromatic nitrogens is 2. The number of hydrogen-bond acceptors (Lipinski definition) is 8. The van der Waals surface area contributed by atoms with Crippen LogP contribution in [0.1, 0.15) is 28.2 Å². The second kappa shape index (κ2) is 9.41. The maximum Gasteiger partial charge on any atom is 0.308 e. The van der Waals surface area contributed by atoms with Gasteiger partial charge in [-0.3, -0.25) is 24.5 Å². The minimum absolute atomic E-state index is 0.110. The van der Waals surface area contributed by atoms with Gasteiger partial charge in [-0.1, -0.05) is 6.07 Å². The van der Waals surface area contributed by atoms with Crippen LogP contribution in [0, 0.1) is 10.1 Å². The molecule has 0 fully saturated rings. The number of nitrogens with zero attached hydrogens (tertiary/aromatic N) is 4. The van der Waals surface area contributed by atoms with E-state index in [1.165, 1.54) is 23.0 Å². The molecule has 0 bridgehead atoms. The van der Waals surface area contributed by atoms with Crippen molar-refractivity contribution >= 4 is 40.2 Å². The van der Waals surface area contributed by atoms with Gasteiger partial charge in [-0.15, -0.1) is 0 Å². The third-order valence-electron chi connectivity index (χ3n) is 5.83. The molecule has 4 rings (SSSR count). The molecule has 1 atom stereocenters. The normalized spacial score (nSPS) is 15.2. The molecule has 12 nitrogen and oxygen atoms in total. The molecule has 2 N–H and O–H groups in total. The van der Waals surface area contributed by atoms with Gasteiger partial charge in [0.1, 0.15) is 11.9 Å². The molecule has 0 saturated carbocycles. The number of likely N-dealkylation sites (N-methyl/N-ethyl adjacent to an activating group) is 1. The van der Waals surface area contributed by atoms with E-state index in [1.807, 2.05) is 0 Å². The summed E-state index contributed by atoms with van der Waals surface area (Å²) in [5, 5.41) is 14.3. The lowest BCUT2D eigenvalue weighted by atomic mass is 10.1. The van der Waals surface area contributed by atoms with E-state index in [1.54, 1.807) is 44.4 Å². The van der Waals surface area contributed by atoms with Gasteiger partial charge in [0.2, 0.25) is 5.91 Å². The van der Waals surface area contributed by atoms with Gasteiger partial charge in [0.25, 0.3) is 11.6 Å². The first-order valence-corrected chi connectivity index (χ1v) is 10.8. The molecule has 2 aromatic carbocycles. The van der Waals surface area contributed by atoms with E-state index in [9.17, 15) is 24.5 Å². The van der Waals surface area contributed by atoms with Crippen molar-refractivity contribution in [3.05, 3.63) is 63.5 Å². The number of non-ortho nitro benzene ring substituents is 1. The van der Waals surface area contributed by atoms with Crippen molar-refractivity contribution in [2.45, 2.75) is 25.6 Å². The third kappa shape index (κ3) is 4.76. The average Bonchev–Trinajstić information content (AvgIpc) is 3.20. The van der Waals surface area contributed by atoms with Gasteiger partial charge in [0, 0.05) is 38.0 Å². The highest BCUT2D eigenvalue weighted by molar-refractivity contribution is 5.96. The quantitative estimate of drug-likeness (QED) is 0.309. The molecule has 1 aromatic heterocycles. The van der Waals surface area contributed by atoms with E-state index >= 15 is 0 Å². The smallest absolute Gasteiger partial charge is 0.308 e. The number of esters is 1. The number of nitro groups is 1. The molecule has 2 amide bonds. The van der Waals surface area contributed by atoms with Crippen LogP contribution in [0.2, 0.25) is 0 Å². The zero-order valence-electron chi connectivity index (χ0n) is 19.4. The summed E-state index contributed by atoms with van der Waals surface area (Å²) < 4.78 is 4.69. The number of fused-ring (bicyclic) bond motifs is 2. The van der Waals surface area contributed by atoms with Crippen LogP contribution in [0.5, 0.6) is 0 Å². The van der Waals surface area contributed by atoms with E-state index < -0.39 is 16.9 Å². The van der Waals surface area contributed by atoms with Crippen molar-refractivity contribution in [3.63, 3.8) is 0 Å². The number of nitro benzene ring substituents is 1. The van der Waals surface area contributed by atoms with Crippen LogP contribution >= 0.6 is 0 Å². The van der Waals surface area contributed by atoms with Gasteiger partial charge >= 0.3 is 5.97 Å². The Bertz CT molecular complexity index is 1340. The molecule has 0 unspecified atom stereocenters. The Morgan fingerprint density at radius 1 is 1.31 bits per heavy atom. The highest BCUT2D eigenvalue weighted by Gasteiger charge is 2.30. The van der Waals surface area contributed by atoms with Crippen molar-refractivity contribution in [2.75, 3.05) is 26.5 Å². The van der Waals surface area contributed by atoms with Crippen LogP contribution in [0.15, 0.2) is 36.4 Å². The zero-order chi connectivity index (χ0) is 25.3. The van der Waals surface area contributed by atoms with Gasteiger partial charge in [0.05, 0.1) is 30.5 Å². The number of aromatic amines is 1. The molecular weight excluding hydrogens is 456 g/mol. The van der Waals surface area contributed by atoms with Crippen molar-refractivity contribution in [3.8, 4) is 0 Å². The Kier molecular flexibility index (Phi) is 6.36. The van der Waals surface area contributed by atoms with E-state index in [4.69, 9.17) is 0 Å². The molecular formula is C23H24N6O6. The molecule has 182 valence electrons. The fourth-order valence-corrected chi connectivity index (χ4v) is 4.04. The third-order valence-corrected chi connectivity index (χ3v) is 5.83. The van der Waals surface area contributed by atoms with Crippen LogP contribution in [0.25, 0.3) is 11.0 Å². The van der Waals surface area contributed by atoms with E-state index in [0.29, 0.717) is 22.6 Å². The lowest BCUT2D eigenvalue weighted by molar-refractivity contribution is -0.383. The number of nitrogens with one attached hydrogen (secondary N) is 2. The van der Waals surface area contributed by atoms with E-state index in [2.05, 4.69) is 20.0 Å². The standard InChI is InChI=1S/C23H24N6O6/c1-27-11-14-9-13(7-8-15(14)24-17(23(27)32)10-20(30)35-3)22(31)28(2)12-19-25-16-5-4-6-18(29(33)34)21(16)26-19/h4-9,17,24H,10-12H2,1-3H3,(H,25,26)/t17-/m0/s1. The second-order valence-electron chi connectivity index (χ2n) is 8.32. The molecule has 12 heteroatoms. The molecule has 2 heterocycles. The zero-order valence-corrected chi connectivity index (χ0v) is 19.4. The number of H-pyrrole nitrogens is 1. The van der Waals surface area contributed by atoms with E-state index in [0.717, 1.165) is 5.56 Å². The lowest BCUT2D eigenvalue weighted by Crippen LogP contribution is -2.39. The fourth-order valence-electron chi connectivity index (χ4n) is 4.04. The van der Waals surface area contributed by atoms with Crippen LogP contribution in [-0.2, 0) is 27.4 Å². The predicted octanol–water partition coefficient (Wildman–Crippen LogP) is 2.06. The number of hydrogen-bond donors (Lipinski definition) is 2. The molecule has 3 aromatic rings. The molecule has 1 aliphatic rings. The Morgan fingerprint density at radius 3 is 2.80 bits per heavy atom. The van der Waals surface area contributed by atoms with Crippen molar-refractivity contribution < 1.29 is 24.0 Å². The largest absolute Gasteiger partial charge is 0.469 e. The first-order chi connectivity index (χ1) is 16.7. The summed E-state index contributed by atoms with van der Waals surface area (Å²) in [6.07, 6.45) is -0.113. The number of carbonyl (C=O) groups is 3. The van der Waals surface area contributed by atoms with Crippen LogP contribution in [0.4, 0.5) is 11.4 Å². The van der Waals surface area contributed by atoms with Crippen LogP contribution in [-0.4, -0.2) is 69.7 Å². The molecule has 0 spiro atoms. The topological polar surface area (TPSA) is 151 Å². The first-order valence-electron chi connectivity index (χ1n) is 10.8. The monoisotopic (exact) mass is 480 g/mol. The van der Waals surface area contributed by atoms with Crippen molar-refractivity contribution in [1.29, 1.82) is 0 Å². The maximum atomic E-state index is 13.1. The highest BCUT2D eigenvalue weighted by Crippen LogP contribution is 2.26. The number of ether oxygens (including phenoxy) is 1. The molecule has 1 aliphatic heterocycles. The predicted molar refractivity (Wildman–Crippen MR) is 126 cm³/mol. The molecule has 0 aliphatic carbocycles. The molecule has 35 heavy (non-hydrogen) atoms. The van der Waals surface area contributed by atoms with Gasteiger partial charge in [-0.05, 0) is 29.8 Å². The average molecular weight is 480 g/mol. The number of rotatable bonds is 6. The van der Waals surface area contributed by atoms with E-state index in [-0.39, 0.29) is 42.5 Å². The highest BCUT2D eigenvalue weighted by atomic mass is 16.6. The van der Waals surface area contributed by atoms with Gasteiger partial charge in [-0.25, -0.2) is 4.98 Å². The Labute approximate surface area is 200 Å². The SMILES string of the molecule is COC(=O)C[C@@H]1Nc2ccc(C(=O)N(C)Cc3nc4c([N+](=O)[O-])cccc4[nH]3)cc2CN(C)C1=O. The number of carbonyl (C=O) groups excluding carboxylic acids is 3. The maximum absolute atomic E-state index is 13.1.